The maximum atomic E-state index is 13.3. The van der Waals surface area contributed by atoms with Crippen LogP contribution in [0.15, 0.2) is 52.3 Å². The molecule has 2 aromatic rings. The van der Waals surface area contributed by atoms with E-state index in [9.17, 15) is 35.3 Å². The van der Waals surface area contributed by atoms with Crippen molar-refractivity contribution >= 4 is 19.7 Å². The van der Waals surface area contributed by atoms with Crippen LogP contribution in [0.1, 0.15) is 42.6 Å². The molecule has 2 atom stereocenters. The van der Waals surface area contributed by atoms with Crippen molar-refractivity contribution in [2.45, 2.75) is 46.6 Å². The Morgan fingerprint density at radius 3 is 2.41 bits per heavy atom. The molecule has 32 heavy (non-hydrogen) atoms. The first-order valence-electron chi connectivity index (χ1n) is 9.47. The van der Waals surface area contributed by atoms with E-state index in [-0.39, 0.29) is 29.9 Å². The van der Waals surface area contributed by atoms with Crippen molar-refractivity contribution < 1.29 is 34.7 Å². The lowest BCUT2D eigenvalue weighted by atomic mass is 9.92. The Morgan fingerprint density at radius 1 is 1.12 bits per heavy atom. The number of rotatable bonds is 4. The van der Waals surface area contributed by atoms with Gasteiger partial charge in [0.1, 0.15) is 6.07 Å². The van der Waals surface area contributed by atoms with Gasteiger partial charge in [-0.3, -0.25) is 0 Å². The summed E-state index contributed by atoms with van der Waals surface area (Å²) in [6.45, 7) is 1.48. The highest BCUT2D eigenvalue weighted by molar-refractivity contribution is 7.92. The van der Waals surface area contributed by atoms with Crippen LogP contribution in [0.2, 0.25) is 0 Å². The summed E-state index contributed by atoms with van der Waals surface area (Å²) in [5, 5.41) is 9.33. The average Bonchev–Trinajstić information content (AvgIpc) is 2.72. The van der Waals surface area contributed by atoms with Crippen LogP contribution in [0.5, 0.6) is 0 Å². The van der Waals surface area contributed by atoms with Crippen molar-refractivity contribution in [3.8, 4) is 6.07 Å². The predicted molar refractivity (Wildman–Crippen MR) is 109 cm³/mol. The Morgan fingerprint density at radius 2 is 1.81 bits per heavy atom. The smallest absolute Gasteiger partial charge is 0.373 e. The molecule has 0 N–H and O–H groups in total. The van der Waals surface area contributed by atoms with Gasteiger partial charge in [0.05, 0.1) is 31.8 Å². The maximum absolute atomic E-state index is 13.3. The first-order chi connectivity index (χ1) is 14.7. The first kappa shape index (κ1) is 24.2. The topological polar surface area (TPSA) is 101 Å². The van der Waals surface area contributed by atoms with Crippen molar-refractivity contribution in [3.63, 3.8) is 0 Å². The highest BCUT2D eigenvalue weighted by atomic mass is 32.2. The number of nitriles is 1. The minimum atomic E-state index is -4.68. The summed E-state index contributed by atoms with van der Waals surface area (Å²) in [7, 11) is -7.82. The van der Waals surface area contributed by atoms with Crippen LogP contribution in [0.3, 0.4) is 0 Å². The fraction of sp³-hybridized carbons (Fsp3) is 0.381. The van der Waals surface area contributed by atoms with Gasteiger partial charge in [0, 0.05) is 12.9 Å². The van der Waals surface area contributed by atoms with E-state index in [0.717, 1.165) is 24.5 Å². The maximum Gasteiger partial charge on any atom is 0.416 e. The standard InChI is InChI=1S/C21H20F3NO5S2/c1-20(32(28,29)17-5-3-4-16(11-17)21(22,23)24)8-9-30-18(12-20)14-6-7-19(31(2,26)27)15(10-14)13-25/h3-7,10-11,18H,8-9,12H2,1-2H3. The summed E-state index contributed by atoms with van der Waals surface area (Å²) in [5.74, 6) is 0. The molecule has 0 bridgehead atoms. The Bertz CT molecular complexity index is 1300. The van der Waals surface area contributed by atoms with E-state index in [1.54, 1.807) is 0 Å². The summed E-state index contributed by atoms with van der Waals surface area (Å²) < 4.78 is 93.8. The normalized spacial score (nSPS) is 22.3. The van der Waals surface area contributed by atoms with Gasteiger partial charge >= 0.3 is 6.18 Å². The number of alkyl halides is 3. The number of hydrogen-bond donors (Lipinski definition) is 0. The minimum Gasteiger partial charge on any atom is -0.373 e. The minimum absolute atomic E-state index is 0.0229. The highest BCUT2D eigenvalue weighted by Crippen LogP contribution is 2.43. The molecule has 1 saturated heterocycles. The monoisotopic (exact) mass is 487 g/mol. The molecule has 0 aromatic heterocycles. The van der Waals surface area contributed by atoms with Gasteiger partial charge in [-0.05, 0) is 55.7 Å². The van der Waals surface area contributed by atoms with Gasteiger partial charge in [0.2, 0.25) is 0 Å². The third kappa shape index (κ3) is 4.53. The fourth-order valence-electron chi connectivity index (χ4n) is 3.71. The molecule has 11 heteroatoms. The van der Waals surface area contributed by atoms with Gasteiger partial charge < -0.3 is 4.74 Å². The van der Waals surface area contributed by atoms with Crippen molar-refractivity contribution in [1.82, 2.24) is 0 Å². The van der Waals surface area contributed by atoms with Crippen LogP contribution < -0.4 is 0 Å². The second-order valence-electron chi connectivity index (χ2n) is 7.93. The first-order valence-corrected chi connectivity index (χ1v) is 12.8. The molecule has 1 heterocycles. The van der Waals surface area contributed by atoms with E-state index in [1.165, 1.54) is 25.1 Å². The summed E-state index contributed by atoms with van der Waals surface area (Å²) in [5.41, 5.74) is -0.735. The summed E-state index contributed by atoms with van der Waals surface area (Å²) in [6.07, 6.45) is -4.50. The molecular formula is C21H20F3NO5S2. The largest absolute Gasteiger partial charge is 0.416 e. The lowest BCUT2D eigenvalue weighted by Crippen LogP contribution is -2.42. The van der Waals surface area contributed by atoms with E-state index >= 15 is 0 Å². The Labute approximate surface area is 184 Å². The molecule has 0 radical (unpaired) electrons. The molecule has 1 aliphatic heterocycles. The van der Waals surface area contributed by atoms with Crippen LogP contribution >= 0.6 is 0 Å². The van der Waals surface area contributed by atoms with Crippen LogP contribution in [0.25, 0.3) is 0 Å². The van der Waals surface area contributed by atoms with E-state index in [4.69, 9.17) is 4.74 Å². The SMILES string of the molecule is CC1(S(=O)(=O)c2cccc(C(F)(F)F)c2)CCOC(c2ccc(S(C)(=O)=O)c(C#N)c2)C1. The van der Waals surface area contributed by atoms with Crippen molar-refractivity contribution in [3.05, 3.63) is 59.2 Å². The van der Waals surface area contributed by atoms with Gasteiger partial charge in [-0.25, -0.2) is 16.8 Å². The lowest BCUT2D eigenvalue weighted by Gasteiger charge is -2.38. The molecule has 6 nitrogen and oxygen atoms in total. The predicted octanol–water partition coefficient (Wildman–Crippen LogP) is 4.06. The van der Waals surface area contributed by atoms with Gasteiger partial charge in [-0.2, -0.15) is 18.4 Å². The molecule has 0 spiro atoms. The van der Waals surface area contributed by atoms with Crippen LogP contribution in [-0.2, 0) is 30.6 Å². The van der Waals surface area contributed by atoms with Crippen LogP contribution in [-0.4, -0.2) is 34.4 Å². The lowest BCUT2D eigenvalue weighted by molar-refractivity contribution is -0.137. The molecule has 172 valence electrons. The number of hydrogen-bond acceptors (Lipinski definition) is 6. The molecular weight excluding hydrogens is 467 g/mol. The van der Waals surface area contributed by atoms with E-state index < -0.39 is 47.2 Å². The van der Waals surface area contributed by atoms with Crippen LogP contribution in [0, 0.1) is 11.3 Å². The zero-order chi connectivity index (χ0) is 23.9. The van der Waals surface area contributed by atoms with Gasteiger partial charge in [0.15, 0.2) is 19.7 Å². The number of ether oxygens (including phenoxy) is 1. The van der Waals surface area contributed by atoms with Crippen molar-refractivity contribution in [1.29, 1.82) is 5.26 Å². The zero-order valence-corrected chi connectivity index (χ0v) is 18.8. The zero-order valence-electron chi connectivity index (χ0n) is 17.2. The van der Waals surface area contributed by atoms with Gasteiger partial charge in [-0.15, -0.1) is 0 Å². The van der Waals surface area contributed by atoms with E-state index in [0.29, 0.717) is 11.6 Å². The second-order valence-corrected chi connectivity index (χ2v) is 12.4. The number of sulfone groups is 2. The Kier molecular flexibility index (Phi) is 6.19. The number of benzene rings is 2. The molecule has 0 saturated carbocycles. The molecule has 0 amide bonds. The molecule has 2 unspecified atom stereocenters. The number of halogens is 3. The summed E-state index contributed by atoms with van der Waals surface area (Å²) in [6, 6.07) is 9.49. The third-order valence-electron chi connectivity index (χ3n) is 5.58. The average molecular weight is 488 g/mol. The molecule has 0 aliphatic carbocycles. The van der Waals surface area contributed by atoms with Gasteiger partial charge in [0.25, 0.3) is 0 Å². The van der Waals surface area contributed by atoms with E-state index in [2.05, 4.69) is 0 Å². The third-order valence-corrected chi connectivity index (χ3v) is 9.28. The highest BCUT2D eigenvalue weighted by Gasteiger charge is 2.45. The summed E-state index contributed by atoms with van der Waals surface area (Å²) >= 11 is 0. The molecule has 2 aromatic carbocycles. The fourth-order valence-corrected chi connectivity index (χ4v) is 6.36. The quantitative estimate of drug-likeness (QED) is 0.645. The van der Waals surface area contributed by atoms with Crippen molar-refractivity contribution in [2.75, 3.05) is 12.9 Å². The van der Waals surface area contributed by atoms with Crippen LogP contribution in [0.4, 0.5) is 13.2 Å². The van der Waals surface area contributed by atoms with Gasteiger partial charge in [-0.1, -0.05) is 12.1 Å². The molecule has 3 rings (SSSR count). The molecule has 1 aliphatic rings. The van der Waals surface area contributed by atoms with Crippen molar-refractivity contribution in [2.24, 2.45) is 0 Å². The summed E-state index contributed by atoms with van der Waals surface area (Å²) in [4.78, 5) is -0.584. The van der Waals surface area contributed by atoms with E-state index in [1.807, 2.05) is 6.07 Å². The Balaban J connectivity index is 1.98. The molecule has 1 fully saturated rings. The second kappa shape index (κ2) is 8.17. The number of nitrogens with zero attached hydrogens (tertiary/aromatic N) is 1. The Hall–Kier alpha value is -2.42.